The number of hydrogen-bond donors (Lipinski definition) is 1. The lowest BCUT2D eigenvalue weighted by Crippen LogP contribution is -2.41. The van der Waals surface area contributed by atoms with Crippen molar-refractivity contribution in [3.63, 3.8) is 0 Å². The molecule has 0 saturated carbocycles. The van der Waals surface area contributed by atoms with E-state index in [1.54, 1.807) is 7.11 Å². The van der Waals surface area contributed by atoms with E-state index in [1.165, 1.54) is 5.56 Å². The van der Waals surface area contributed by atoms with Gasteiger partial charge in [-0.3, -0.25) is 9.69 Å². The summed E-state index contributed by atoms with van der Waals surface area (Å²) in [6.45, 7) is 5.49. The maximum Gasteiger partial charge on any atom is 0.241 e. The van der Waals surface area contributed by atoms with Gasteiger partial charge in [0.1, 0.15) is 0 Å². The standard InChI is InChI=1S/C19H26N4O3/c1-14-3-5-15(6-4-14)18-21-17(26-22-18)13-23-10-7-16(8-11-23)19(24)20-9-12-25-2/h3-6,16H,7-13H2,1-2H3,(H,20,24). The van der Waals surface area contributed by atoms with Crippen molar-refractivity contribution in [3.8, 4) is 11.4 Å². The SMILES string of the molecule is COCCNC(=O)C1CCN(Cc2nc(-c3ccc(C)cc3)no2)CC1. The molecule has 3 rings (SSSR count). The fraction of sp³-hybridized carbons (Fsp3) is 0.526. The van der Waals surface area contributed by atoms with Gasteiger partial charge in [0.25, 0.3) is 0 Å². The summed E-state index contributed by atoms with van der Waals surface area (Å²) in [5.74, 6) is 1.44. The molecular weight excluding hydrogens is 332 g/mol. The number of rotatable bonds is 7. The van der Waals surface area contributed by atoms with Crippen molar-refractivity contribution < 1.29 is 14.1 Å². The molecule has 140 valence electrons. The number of benzene rings is 1. The fourth-order valence-electron chi connectivity index (χ4n) is 3.10. The van der Waals surface area contributed by atoms with Gasteiger partial charge in [-0.05, 0) is 32.9 Å². The lowest BCUT2D eigenvalue weighted by atomic mass is 9.96. The van der Waals surface area contributed by atoms with E-state index in [-0.39, 0.29) is 11.8 Å². The average Bonchev–Trinajstić information content (AvgIpc) is 3.11. The highest BCUT2D eigenvalue weighted by Crippen LogP contribution is 2.20. The zero-order valence-corrected chi connectivity index (χ0v) is 15.4. The molecule has 26 heavy (non-hydrogen) atoms. The van der Waals surface area contributed by atoms with E-state index in [9.17, 15) is 4.79 Å². The molecule has 0 aliphatic carbocycles. The Kier molecular flexibility index (Phi) is 6.35. The van der Waals surface area contributed by atoms with Crippen molar-refractivity contribution in [2.45, 2.75) is 26.3 Å². The molecular formula is C19H26N4O3. The summed E-state index contributed by atoms with van der Waals surface area (Å²) in [5, 5.41) is 7.00. The first-order chi connectivity index (χ1) is 12.7. The summed E-state index contributed by atoms with van der Waals surface area (Å²) >= 11 is 0. The van der Waals surface area contributed by atoms with Gasteiger partial charge < -0.3 is 14.6 Å². The zero-order chi connectivity index (χ0) is 18.4. The second-order valence-electron chi connectivity index (χ2n) is 6.71. The van der Waals surface area contributed by atoms with Crippen LogP contribution in [0.4, 0.5) is 0 Å². The number of aryl methyl sites for hydroxylation is 1. The molecule has 7 heteroatoms. The predicted molar refractivity (Wildman–Crippen MR) is 97.4 cm³/mol. The smallest absolute Gasteiger partial charge is 0.241 e. The molecule has 1 amide bonds. The molecule has 1 aliphatic rings. The quantitative estimate of drug-likeness (QED) is 0.763. The molecule has 1 fully saturated rings. The molecule has 0 radical (unpaired) electrons. The van der Waals surface area contributed by atoms with Crippen molar-refractivity contribution in [3.05, 3.63) is 35.7 Å². The highest BCUT2D eigenvalue weighted by atomic mass is 16.5. The number of carbonyl (C=O) groups is 1. The first-order valence-corrected chi connectivity index (χ1v) is 9.04. The van der Waals surface area contributed by atoms with Gasteiger partial charge in [0.15, 0.2) is 0 Å². The van der Waals surface area contributed by atoms with Gasteiger partial charge in [0.2, 0.25) is 17.6 Å². The zero-order valence-electron chi connectivity index (χ0n) is 15.4. The second-order valence-corrected chi connectivity index (χ2v) is 6.71. The maximum absolute atomic E-state index is 12.1. The highest BCUT2D eigenvalue weighted by molar-refractivity contribution is 5.78. The number of hydrogen-bond acceptors (Lipinski definition) is 6. The Labute approximate surface area is 153 Å². The first-order valence-electron chi connectivity index (χ1n) is 9.04. The van der Waals surface area contributed by atoms with E-state index in [1.807, 2.05) is 31.2 Å². The minimum Gasteiger partial charge on any atom is -0.383 e. The van der Waals surface area contributed by atoms with Crippen molar-refractivity contribution in [1.82, 2.24) is 20.4 Å². The average molecular weight is 358 g/mol. The van der Waals surface area contributed by atoms with Crippen LogP contribution in [0.1, 0.15) is 24.3 Å². The molecule has 0 bridgehead atoms. The summed E-state index contributed by atoms with van der Waals surface area (Å²) in [7, 11) is 1.63. The monoisotopic (exact) mass is 358 g/mol. The normalized spacial score (nSPS) is 15.9. The van der Waals surface area contributed by atoms with Gasteiger partial charge >= 0.3 is 0 Å². The van der Waals surface area contributed by atoms with E-state index in [2.05, 4.69) is 20.4 Å². The number of methoxy groups -OCH3 is 1. The summed E-state index contributed by atoms with van der Waals surface area (Å²) in [6, 6.07) is 8.07. The Balaban J connectivity index is 1.47. The molecule has 2 heterocycles. The molecule has 1 aromatic carbocycles. The van der Waals surface area contributed by atoms with Crippen LogP contribution in [0.3, 0.4) is 0 Å². The molecule has 1 aliphatic heterocycles. The summed E-state index contributed by atoms with van der Waals surface area (Å²) < 4.78 is 10.4. The Morgan fingerprint density at radius 1 is 1.31 bits per heavy atom. The third-order valence-corrected chi connectivity index (χ3v) is 4.70. The Hall–Kier alpha value is -2.25. The van der Waals surface area contributed by atoms with Crippen molar-refractivity contribution in [1.29, 1.82) is 0 Å². The third kappa shape index (κ3) is 4.89. The van der Waals surface area contributed by atoms with Crippen LogP contribution in [0.15, 0.2) is 28.8 Å². The van der Waals surface area contributed by atoms with Crippen LogP contribution in [0.5, 0.6) is 0 Å². The highest BCUT2D eigenvalue weighted by Gasteiger charge is 2.25. The second kappa shape index (κ2) is 8.91. The lowest BCUT2D eigenvalue weighted by Gasteiger charge is -2.30. The van der Waals surface area contributed by atoms with Crippen molar-refractivity contribution in [2.24, 2.45) is 5.92 Å². The third-order valence-electron chi connectivity index (χ3n) is 4.70. The van der Waals surface area contributed by atoms with E-state index in [0.29, 0.717) is 31.4 Å². The summed E-state index contributed by atoms with van der Waals surface area (Å²) in [4.78, 5) is 18.8. The topological polar surface area (TPSA) is 80.5 Å². The van der Waals surface area contributed by atoms with Gasteiger partial charge in [-0.2, -0.15) is 4.98 Å². The van der Waals surface area contributed by atoms with E-state index < -0.39 is 0 Å². The molecule has 2 aromatic rings. The Morgan fingerprint density at radius 3 is 2.73 bits per heavy atom. The largest absolute Gasteiger partial charge is 0.383 e. The summed E-state index contributed by atoms with van der Waals surface area (Å²) in [5.41, 5.74) is 2.16. The van der Waals surface area contributed by atoms with Crippen LogP contribution in [-0.4, -0.2) is 54.3 Å². The van der Waals surface area contributed by atoms with Crippen LogP contribution in [0.2, 0.25) is 0 Å². The Morgan fingerprint density at radius 2 is 2.04 bits per heavy atom. The van der Waals surface area contributed by atoms with Gasteiger partial charge in [0.05, 0.1) is 13.2 Å². The van der Waals surface area contributed by atoms with E-state index >= 15 is 0 Å². The number of ether oxygens (including phenoxy) is 1. The van der Waals surface area contributed by atoms with Crippen LogP contribution >= 0.6 is 0 Å². The van der Waals surface area contributed by atoms with E-state index in [4.69, 9.17) is 9.26 Å². The van der Waals surface area contributed by atoms with Crippen molar-refractivity contribution >= 4 is 5.91 Å². The first kappa shape index (κ1) is 18.5. The number of amides is 1. The van der Waals surface area contributed by atoms with Gasteiger partial charge in [-0.1, -0.05) is 35.0 Å². The molecule has 1 N–H and O–H groups in total. The minimum absolute atomic E-state index is 0.0777. The van der Waals surface area contributed by atoms with Crippen molar-refractivity contribution in [2.75, 3.05) is 33.4 Å². The maximum atomic E-state index is 12.1. The number of carbonyl (C=O) groups excluding carboxylic acids is 1. The molecule has 7 nitrogen and oxygen atoms in total. The molecule has 0 unspecified atom stereocenters. The van der Waals surface area contributed by atoms with Crippen LogP contribution < -0.4 is 5.32 Å². The van der Waals surface area contributed by atoms with Gasteiger partial charge in [-0.25, -0.2) is 0 Å². The number of nitrogens with zero attached hydrogens (tertiary/aromatic N) is 3. The van der Waals surface area contributed by atoms with Gasteiger partial charge in [-0.15, -0.1) is 0 Å². The van der Waals surface area contributed by atoms with Crippen LogP contribution in [-0.2, 0) is 16.1 Å². The molecule has 0 atom stereocenters. The predicted octanol–water partition coefficient (Wildman–Crippen LogP) is 2.02. The molecule has 1 saturated heterocycles. The molecule has 0 spiro atoms. The van der Waals surface area contributed by atoms with Crippen LogP contribution in [0, 0.1) is 12.8 Å². The van der Waals surface area contributed by atoms with Gasteiger partial charge in [0, 0.05) is 25.1 Å². The number of aromatic nitrogens is 2. The molecule has 1 aromatic heterocycles. The van der Waals surface area contributed by atoms with Crippen LogP contribution in [0.25, 0.3) is 11.4 Å². The summed E-state index contributed by atoms with van der Waals surface area (Å²) in [6.07, 6.45) is 1.69. The fourth-order valence-corrected chi connectivity index (χ4v) is 3.10. The number of nitrogens with one attached hydrogen (secondary N) is 1. The number of likely N-dealkylation sites (tertiary alicyclic amines) is 1. The van der Waals surface area contributed by atoms with E-state index in [0.717, 1.165) is 31.5 Å². The number of piperidine rings is 1. The lowest BCUT2D eigenvalue weighted by molar-refractivity contribution is -0.126. The Bertz CT molecular complexity index is 706. The minimum atomic E-state index is 0.0777.